The standard InChI is InChI=1S/C15H23N3O/c1-18(13-7-3-2-4-8-13)12-6-11-17-15(19)14-9-5-10-16-14/h2-4,7-8,14,16H,5-6,9-12H2,1H3,(H,17,19). The SMILES string of the molecule is CN(CCCNC(=O)C1CCCN1)c1ccccc1. The quantitative estimate of drug-likeness (QED) is 0.760. The lowest BCUT2D eigenvalue weighted by Gasteiger charge is -2.19. The van der Waals surface area contributed by atoms with E-state index in [9.17, 15) is 4.79 Å². The highest BCUT2D eigenvalue weighted by molar-refractivity contribution is 5.81. The average molecular weight is 261 g/mol. The summed E-state index contributed by atoms with van der Waals surface area (Å²) in [5.74, 6) is 0.153. The first-order chi connectivity index (χ1) is 9.27. The van der Waals surface area contributed by atoms with Gasteiger partial charge in [0, 0.05) is 25.8 Å². The van der Waals surface area contributed by atoms with Crippen molar-refractivity contribution >= 4 is 11.6 Å². The number of carbonyl (C=O) groups is 1. The van der Waals surface area contributed by atoms with Crippen LogP contribution in [-0.2, 0) is 4.79 Å². The van der Waals surface area contributed by atoms with E-state index in [4.69, 9.17) is 0 Å². The normalized spacial score (nSPS) is 18.3. The van der Waals surface area contributed by atoms with E-state index in [-0.39, 0.29) is 11.9 Å². The number of hydrogen-bond acceptors (Lipinski definition) is 3. The van der Waals surface area contributed by atoms with E-state index >= 15 is 0 Å². The van der Waals surface area contributed by atoms with Crippen molar-refractivity contribution in [2.24, 2.45) is 0 Å². The highest BCUT2D eigenvalue weighted by Crippen LogP contribution is 2.10. The van der Waals surface area contributed by atoms with Crippen molar-refractivity contribution in [3.05, 3.63) is 30.3 Å². The highest BCUT2D eigenvalue weighted by Gasteiger charge is 2.21. The van der Waals surface area contributed by atoms with Crippen LogP contribution in [0.3, 0.4) is 0 Å². The van der Waals surface area contributed by atoms with Gasteiger partial charge in [0.1, 0.15) is 0 Å². The predicted octanol–water partition coefficient (Wildman–Crippen LogP) is 1.38. The van der Waals surface area contributed by atoms with Gasteiger partial charge in [-0.1, -0.05) is 18.2 Å². The zero-order valence-electron chi connectivity index (χ0n) is 11.6. The summed E-state index contributed by atoms with van der Waals surface area (Å²) in [5, 5.41) is 6.21. The molecule has 1 aromatic rings. The molecule has 19 heavy (non-hydrogen) atoms. The molecule has 1 atom stereocenters. The molecule has 1 fully saturated rings. The molecule has 4 heteroatoms. The largest absolute Gasteiger partial charge is 0.375 e. The van der Waals surface area contributed by atoms with E-state index in [1.165, 1.54) is 5.69 Å². The summed E-state index contributed by atoms with van der Waals surface area (Å²) in [5.41, 5.74) is 1.21. The number of hydrogen-bond donors (Lipinski definition) is 2. The zero-order valence-corrected chi connectivity index (χ0v) is 11.6. The number of benzene rings is 1. The minimum absolute atomic E-state index is 0.0341. The Morgan fingerprint density at radius 2 is 2.21 bits per heavy atom. The van der Waals surface area contributed by atoms with Crippen LogP contribution >= 0.6 is 0 Å². The molecule has 2 N–H and O–H groups in total. The van der Waals surface area contributed by atoms with Crippen LogP contribution in [0.2, 0.25) is 0 Å². The second-order valence-electron chi connectivity index (χ2n) is 5.05. The summed E-state index contributed by atoms with van der Waals surface area (Å²) in [6, 6.07) is 10.3. The van der Waals surface area contributed by atoms with Crippen LogP contribution in [0.15, 0.2) is 30.3 Å². The molecule has 0 spiro atoms. The minimum atomic E-state index is 0.0341. The lowest BCUT2D eigenvalue weighted by molar-refractivity contribution is -0.122. The molecule has 0 saturated carbocycles. The topological polar surface area (TPSA) is 44.4 Å². The van der Waals surface area contributed by atoms with Crippen LogP contribution in [-0.4, -0.2) is 38.6 Å². The molecule has 1 heterocycles. The summed E-state index contributed by atoms with van der Waals surface area (Å²) in [4.78, 5) is 14.0. The Morgan fingerprint density at radius 1 is 1.42 bits per heavy atom. The van der Waals surface area contributed by atoms with E-state index in [1.807, 2.05) is 18.2 Å². The maximum absolute atomic E-state index is 11.8. The molecule has 0 bridgehead atoms. The molecule has 1 aromatic carbocycles. The fourth-order valence-electron chi connectivity index (χ4n) is 2.37. The average Bonchev–Trinajstić information content (AvgIpc) is 2.98. The Hall–Kier alpha value is -1.55. The number of amides is 1. The Labute approximate surface area is 115 Å². The van der Waals surface area contributed by atoms with Crippen LogP contribution in [0.5, 0.6) is 0 Å². The molecule has 1 saturated heterocycles. The first-order valence-electron chi connectivity index (χ1n) is 7.04. The van der Waals surface area contributed by atoms with Gasteiger partial charge in [-0.2, -0.15) is 0 Å². The monoisotopic (exact) mass is 261 g/mol. The fraction of sp³-hybridized carbons (Fsp3) is 0.533. The fourth-order valence-corrected chi connectivity index (χ4v) is 2.37. The van der Waals surface area contributed by atoms with Crippen molar-refractivity contribution in [1.29, 1.82) is 0 Å². The number of para-hydroxylation sites is 1. The van der Waals surface area contributed by atoms with E-state index in [2.05, 4.69) is 34.7 Å². The summed E-state index contributed by atoms with van der Waals surface area (Å²) < 4.78 is 0. The van der Waals surface area contributed by atoms with E-state index in [1.54, 1.807) is 0 Å². The van der Waals surface area contributed by atoms with Crippen LogP contribution in [0, 0.1) is 0 Å². The molecule has 4 nitrogen and oxygen atoms in total. The third kappa shape index (κ3) is 4.24. The summed E-state index contributed by atoms with van der Waals surface area (Å²) in [6.07, 6.45) is 3.04. The van der Waals surface area contributed by atoms with Crippen LogP contribution in [0.4, 0.5) is 5.69 Å². The molecule has 2 rings (SSSR count). The first-order valence-corrected chi connectivity index (χ1v) is 7.04. The number of nitrogens with zero attached hydrogens (tertiary/aromatic N) is 1. The zero-order chi connectivity index (χ0) is 13.5. The molecule has 0 radical (unpaired) electrons. The molecular weight excluding hydrogens is 238 g/mol. The number of carbonyl (C=O) groups excluding carboxylic acids is 1. The molecule has 1 unspecified atom stereocenters. The van der Waals surface area contributed by atoms with Gasteiger partial charge in [0.25, 0.3) is 0 Å². The van der Waals surface area contributed by atoms with Crippen molar-refractivity contribution in [3.8, 4) is 0 Å². The summed E-state index contributed by atoms with van der Waals surface area (Å²) in [7, 11) is 2.08. The molecule has 0 aromatic heterocycles. The van der Waals surface area contributed by atoms with Crippen LogP contribution < -0.4 is 15.5 Å². The number of rotatable bonds is 6. The van der Waals surface area contributed by atoms with E-state index in [0.717, 1.165) is 38.9 Å². The van der Waals surface area contributed by atoms with Gasteiger partial charge >= 0.3 is 0 Å². The molecule has 1 amide bonds. The van der Waals surface area contributed by atoms with Gasteiger partial charge in [-0.05, 0) is 37.9 Å². The first kappa shape index (κ1) is 13.9. The predicted molar refractivity (Wildman–Crippen MR) is 78.4 cm³/mol. The summed E-state index contributed by atoms with van der Waals surface area (Å²) in [6.45, 7) is 2.66. The maximum atomic E-state index is 11.8. The van der Waals surface area contributed by atoms with Crippen molar-refractivity contribution in [1.82, 2.24) is 10.6 Å². The lowest BCUT2D eigenvalue weighted by Crippen LogP contribution is -2.41. The maximum Gasteiger partial charge on any atom is 0.237 e. The van der Waals surface area contributed by atoms with E-state index < -0.39 is 0 Å². The van der Waals surface area contributed by atoms with Crippen molar-refractivity contribution in [2.75, 3.05) is 31.6 Å². The van der Waals surface area contributed by atoms with Crippen molar-refractivity contribution < 1.29 is 4.79 Å². The van der Waals surface area contributed by atoms with Gasteiger partial charge in [-0.3, -0.25) is 4.79 Å². The minimum Gasteiger partial charge on any atom is -0.375 e. The third-order valence-corrected chi connectivity index (χ3v) is 3.54. The van der Waals surface area contributed by atoms with Gasteiger partial charge in [0.05, 0.1) is 6.04 Å². The van der Waals surface area contributed by atoms with Gasteiger partial charge in [0.15, 0.2) is 0 Å². The Bertz CT molecular complexity index is 388. The molecule has 104 valence electrons. The van der Waals surface area contributed by atoms with Crippen molar-refractivity contribution in [3.63, 3.8) is 0 Å². The van der Waals surface area contributed by atoms with Gasteiger partial charge in [0.2, 0.25) is 5.91 Å². The van der Waals surface area contributed by atoms with E-state index in [0.29, 0.717) is 0 Å². The Morgan fingerprint density at radius 3 is 2.89 bits per heavy atom. The van der Waals surface area contributed by atoms with Gasteiger partial charge in [-0.25, -0.2) is 0 Å². The van der Waals surface area contributed by atoms with Crippen LogP contribution in [0.25, 0.3) is 0 Å². The molecule has 1 aliphatic heterocycles. The Balaban J connectivity index is 1.62. The Kier molecular flexibility index (Phi) is 5.21. The second kappa shape index (κ2) is 7.14. The molecule has 0 aliphatic carbocycles. The third-order valence-electron chi connectivity index (χ3n) is 3.54. The highest BCUT2D eigenvalue weighted by atomic mass is 16.2. The smallest absolute Gasteiger partial charge is 0.237 e. The van der Waals surface area contributed by atoms with Crippen molar-refractivity contribution in [2.45, 2.75) is 25.3 Å². The number of anilines is 1. The van der Waals surface area contributed by atoms with Gasteiger partial charge in [-0.15, -0.1) is 0 Å². The molecule has 1 aliphatic rings. The lowest BCUT2D eigenvalue weighted by atomic mass is 10.2. The molecular formula is C15H23N3O. The summed E-state index contributed by atoms with van der Waals surface area (Å²) >= 11 is 0. The second-order valence-corrected chi connectivity index (χ2v) is 5.05. The van der Waals surface area contributed by atoms with Gasteiger partial charge < -0.3 is 15.5 Å². The number of nitrogens with one attached hydrogen (secondary N) is 2. The van der Waals surface area contributed by atoms with Crippen LogP contribution in [0.1, 0.15) is 19.3 Å².